The van der Waals surface area contributed by atoms with E-state index < -0.39 is 6.10 Å². The maximum atomic E-state index is 9.97. The van der Waals surface area contributed by atoms with Gasteiger partial charge in [0.05, 0.1) is 25.9 Å². The lowest BCUT2D eigenvalue weighted by Crippen LogP contribution is -2.40. The summed E-state index contributed by atoms with van der Waals surface area (Å²) >= 11 is 0. The molecule has 148 valence electrons. The molecule has 1 aliphatic carbocycles. The Morgan fingerprint density at radius 3 is 2.62 bits per heavy atom. The molecule has 26 heavy (non-hydrogen) atoms. The molecule has 2 rings (SSSR count). The van der Waals surface area contributed by atoms with E-state index in [-0.39, 0.29) is 43.0 Å². The van der Waals surface area contributed by atoms with Gasteiger partial charge in [0, 0.05) is 25.6 Å². The van der Waals surface area contributed by atoms with E-state index in [4.69, 9.17) is 4.74 Å². The van der Waals surface area contributed by atoms with Crippen LogP contribution in [0.15, 0.2) is 35.3 Å². The van der Waals surface area contributed by atoms with Crippen LogP contribution in [0.4, 0.5) is 0 Å². The summed E-state index contributed by atoms with van der Waals surface area (Å²) in [4.78, 5) is 4.41. The number of hydrogen-bond acceptors (Lipinski definition) is 4. The number of aliphatic imine (C=N–C) groups is 1. The van der Waals surface area contributed by atoms with Crippen molar-refractivity contribution in [2.45, 2.75) is 31.8 Å². The van der Waals surface area contributed by atoms with Gasteiger partial charge in [0.1, 0.15) is 0 Å². The Morgan fingerprint density at radius 1 is 1.27 bits per heavy atom. The average Bonchev–Trinajstić information content (AvgIpc) is 3.45. The Morgan fingerprint density at radius 2 is 2.00 bits per heavy atom. The Kier molecular flexibility index (Phi) is 11.8. The van der Waals surface area contributed by atoms with Gasteiger partial charge in [0.2, 0.25) is 0 Å². The topological polar surface area (TPSA) is 86.1 Å². The highest BCUT2D eigenvalue weighted by Crippen LogP contribution is 2.28. The highest BCUT2D eigenvalue weighted by Gasteiger charge is 2.21. The van der Waals surface area contributed by atoms with Crippen molar-refractivity contribution in [3.63, 3.8) is 0 Å². The monoisotopic (exact) mass is 477 g/mol. The molecule has 0 amide bonds. The summed E-state index contributed by atoms with van der Waals surface area (Å²) in [6, 6.07) is 9.91. The molecule has 0 radical (unpaired) electrons. The fraction of sp³-hybridized carbons (Fsp3) is 0.632. The van der Waals surface area contributed by atoms with Crippen LogP contribution in [0.5, 0.6) is 0 Å². The molecule has 1 saturated carbocycles. The van der Waals surface area contributed by atoms with Crippen LogP contribution in [0.2, 0.25) is 0 Å². The van der Waals surface area contributed by atoms with E-state index in [1.54, 1.807) is 0 Å². The molecule has 0 heterocycles. The highest BCUT2D eigenvalue weighted by atomic mass is 127. The van der Waals surface area contributed by atoms with Gasteiger partial charge in [-0.3, -0.25) is 4.99 Å². The molecule has 0 aromatic heterocycles. The molecule has 2 unspecified atom stereocenters. The van der Waals surface area contributed by atoms with Crippen LogP contribution in [0, 0.1) is 5.92 Å². The fourth-order valence-electron chi connectivity index (χ4n) is 2.48. The Labute approximate surface area is 173 Å². The minimum absolute atomic E-state index is 0. The van der Waals surface area contributed by atoms with Gasteiger partial charge < -0.3 is 25.6 Å². The Balaban J connectivity index is 0.00000338. The van der Waals surface area contributed by atoms with Gasteiger partial charge in [0.25, 0.3) is 0 Å². The van der Waals surface area contributed by atoms with Crippen molar-refractivity contribution in [3.05, 3.63) is 35.9 Å². The molecular weight excluding hydrogens is 445 g/mol. The third-order valence-electron chi connectivity index (χ3n) is 4.17. The zero-order valence-corrected chi connectivity index (χ0v) is 17.8. The number of nitrogens with one attached hydrogen (secondary N) is 2. The smallest absolute Gasteiger partial charge is 0.191 e. The first-order chi connectivity index (χ1) is 12.2. The third kappa shape index (κ3) is 9.16. The van der Waals surface area contributed by atoms with Crippen LogP contribution >= 0.6 is 24.0 Å². The Bertz CT molecular complexity index is 512. The number of ether oxygens (including phenoxy) is 1. The molecule has 1 aromatic rings. The van der Waals surface area contributed by atoms with Crippen LogP contribution in [-0.2, 0) is 4.74 Å². The molecule has 6 nitrogen and oxygen atoms in total. The second-order valence-electron chi connectivity index (χ2n) is 6.53. The molecule has 0 aliphatic heterocycles. The van der Waals surface area contributed by atoms with Crippen molar-refractivity contribution in [2.24, 2.45) is 10.9 Å². The normalized spacial score (nSPS) is 16.5. The Hall–Kier alpha value is -0.900. The zero-order chi connectivity index (χ0) is 17.9. The van der Waals surface area contributed by atoms with Gasteiger partial charge in [-0.25, -0.2) is 0 Å². The van der Waals surface area contributed by atoms with Crippen molar-refractivity contribution >= 4 is 29.9 Å². The third-order valence-corrected chi connectivity index (χ3v) is 4.17. The summed E-state index contributed by atoms with van der Waals surface area (Å²) in [5, 5.41) is 26.0. The first kappa shape index (κ1) is 23.1. The van der Waals surface area contributed by atoms with Gasteiger partial charge in [-0.05, 0) is 31.2 Å². The summed E-state index contributed by atoms with van der Waals surface area (Å²) < 4.78 is 5.49. The first-order valence-electron chi connectivity index (χ1n) is 9.16. The van der Waals surface area contributed by atoms with Crippen LogP contribution in [0.1, 0.15) is 31.2 Å². The predicted octanol–water partition coefficient (Wildman–Crippen LogP) is 1.72. The lowest BCUT2D eigenvalue weighted by Gasteiger charge is -2.18. The molecule has 1 fully saturated rings. The lowest BCUT2D eigenvalue weighted by atomic mass is 10.0. The number of benzene rings is 1. The van der Waals surface area contributed by atoms with E-state index in [0.717, 1.165) is 18.7 Å². The largest absolute Gasteiger partial charge is 0.396 e. The maximum absolute atomic E-state index is 9.97. The molecular formula is C19H32IN3O3. The van der Waals surface area contributed by atoms with E-state index in [9.17, 15) is 10.2 Å². The molecule has 1 aromatic carbocycles. The molecule has 7 heteroatoms. The molecule has 0 spiro atoms. The van der Waals surface area contributed by atoms with Crippen molar-refractivity contribution in [1.82, 2.24) is 10.6 Å². The van der Waals surface area contributed by atoms with Crippen LogP contribution < -0.4 is 10.6 Å². The van der Waals surface area contributed by atoms with E-state index >= 15 is 0 Å². The predicted molar refractivity (Wildman–Crippen MR) is 115 cm³/mol. The molecule has 4 N–H and O–H groups in total. The standard InChI is InChI=1S/C19H31N3O3.HI/c1-2-20-19(22-11-18(24)14-25-13-15-8-9-15)21-10-17(12-23)16-6-4-3-5-7-16;/h3-7,15,17-18,23-24H,2,8-14H2,1H3,(H2,20,21,22);1H. The quantitative estimate of drug-likeness (QED) is 0.222. The lowest BCUT2D eigenvalue weighted by molar-refractivity contribution is 0.0368. The van der Waals surface area contributed by atoms with Crippen LogP contribution in [0.3, 0.4) is 0 Å². The van der Waals surface area contributed by atoms with E-state index in [1.165, 1.54) is 12.8 Å². The average molecular weight is 477 g/mol. The van der Waals surface area contributed by atoms with E-state index in [2.05, 4.69) is 15.6 Å². The second kappa shape index (κ2) is 13.3. The minimum atomic E-state index is -0.600. The number of rotatable bonds is 11. The molecule has 2 atom stereocenters. The van der Waals surface area contributed by atoms with Gasteiger partial charge in [-0.15, -0.1) is 24.0 Å². The number of aliphatic hydroxyl groups excluding tert-OH is 2. The number of halogens is 1. The molecule has 0 saturated heterocycles. The number of hydrogen-bond donors (Lipinski definition) is 4. The fourth-order valence-corrected chi connectivity index (χ4v) is 2.48. The summed E-state index contributed by atoms with van der Waals surface area (Å²) in [5.41, 5.74) is 1.09. The van der Waals surface area contributed by atoms with Gasteiger partial charge >= 0.3 is 0 Å². The zero-order valence-electron chi connectivity index (χ0n) is 15.4. The first-order valence-corrected chi connectivity index (χ1v) is 9.16. The van der Waals surface area contributed by atoms with Gasteiger partial charge in [0.15, 0.2) is 5.96 Å². The van der Waals surface area contributed by atoms with Crippen molar-refractivity contribution in [3.8, 4) is 0 Å². The van der Waals surface area contributed by atoms with E-state index in [0.29, 0.717) is 25.0 Å². The maximum Gasteiger partial charge on any atom is 0.191 e. The minimum Gasteiger partial charge on any atom is -0.396 e. The van der Waals surface area contributed by atoms with E-state index in [1.807, 2.05) is 37.3 Å². The highest BCUT2D eigenvalue weighted by molar-refractivity contribution is 14.0. The summed E-state index contributed by atoms with van der Waals surface area (Å²) in [5.74, 6) is 1.33. The van der Waals surface area contributed by atoms with Crippen molar-refractivity contribution < 1.29 is 14.9 Å². The summed E-state index contributed by atoms with van der Waals surface area (Å²) in [7, 11) is 0. The summed E-state index contributed by atoms with van der Waals surface area (Å²) in [6.45, 7) is 4.71. The number of guanidine groups is 1. The summed E-state index contributed by atoms with van der Waals surface area (Å²) in [6.07, 6.45) is 1.89. The van der Waals surface area contributed by atoms with Gasteiger partial charge in [-0.2, -0.15) is 0 Å². The van der Waals surface area contributed by atoms with Crippen molar-refractivity contribution in [1.29, 1.82) is 0 Å². The SMILES string of the molecule is CCNC(=NCC(O)COCC1CC1)NCC(CO)c1ccccc1.I. The number of aliphatic hydroxyl groups is 2. The molecule has 0 bridgehead atoms. The van der Waals surface area contributed by atoms with Crippen LogP contribution in [-0.4, -0.2) is 61.7 Å². The van der Waals surface area contributed by atoms with Crippen LogP contribution in [0.25, 0.3) is 0 Å². The van der Waals surface area contributed by atoms with Crippen molar-refractivity contribution in [2.75, 3.05) is 39.5 Å². The number of nitrogens with zero attached hydrogens (tertiary/aromatic N) is 1. The molecule has 1 aliphatic rings. The second-order valence-corrected chi connectivity index (χ2v) is 6.53. The van der Waals surface area contributed by atoms with Gasteiger partial charge in [-0.1, -0.05) is 30.3 Å².